The van der Waals surface area contributed by atoms with Crippen molar-refractivity contribution in [1.82, 2.24) is 10.3 Å². The number of pyridine rings is 1. The molecular formula is C14H17ClN2O3. The van der Waals surface area contributed by atoms with Gasteiger partial charge in [0.2, 0.25) is 0 Å². The van der Waals surface area contributed by atoms with Crippen LogP contribution < -0.4 is 5.32 Å². The molecule has 1 aliphatic rings. The number of nitrogens with one attached hydrogen (secondary N) is 1. The predicted octanol–water partition coefficient (Wildman–Crippen LogP) is 2.50. The molecule has 0 saturated heterocycles. The minimum Gasteiger partial charge on any atom is -0.480 e. The number of carbonyl (C=O) groups is 2. The van der Waals surface area contributed by atoms with E-state index in [1.807, 2.05) is 6.92 Å². The molecule has 1 fully saturated rings. The molecule has 2 atom stereocenters. The van der Waals surface area contributed by atoms with Crippen LogP contribution in [0.1, 0.15) is 43.0 Å². The van der Waals surface area contributed by atoms with Crippen molar-refractivity contribution in [3.05, 3.63) is 29.0 Å². The average Bonchev–Trinajstić information content (AvgIpc) is 2.38. The molecule has 2 N–H and O–H groups in total. The minimum atomic E-state index is -1.18. The molecule has 1 aliphatic carbocycles. The highest BCUT2D eigenvalue weighted by Crippen LogP contribution is 2.32. The quantitative estimate of drug-likeness (QED) is 0.840. The Morgan fingerprint density at radius 1 is 1.55 bits per heavy atom. The number of halogens is 1. The van der Waals surface area contributed by atoms with Crippen molar-refractivity contribution in [2.45, 2.75) is 38.1 Å². The van der Waals surface area contributed by atoms with Crippen molar-refractivity contribution in [3.63, 3.8) is 0 Å². The smallest absolute Gasteiger partial charge is 0.329 e. The largest absolute Gasteiger partial charge is 0.480 e. The fraction of sp³-hybridized carbons (Fsp3) is 0.500. The van der Waals surface area contributed by atoms with E-state index in [0.717, 1.165) is 12.8 Å². The SMILES string of the molecule is CC1CCCC(NC(=O)c2ccnc(Cl)c2)(C(=O)O)C1. The topological polar surface area (TPSA) is 79.3 Å². The second-order valence-electron chi connectivity index (χ2n) is 5.41. The summed E-state index contributed by atoms with van der Waals surface area (Å²) in [5.41, 5.74) is -0.853. The normalized spacial score (nSPS) is 26.0. The van der Waals surface area contributed by atoms with Crippen LogP contribution in [0.2, 0.25) is 5.15 Å². The zero-order valence-corrected chi connectivity index (χ0v) is 12.0. The Hall–Kier alpha value is -1.62. The Morgan fingerprint density at radius 2 is 2.30 bits per heavy atom. The lowest BCUT2D eigenvalue weighted by Gasteiger charge is -2.37. The van der Waals surface area contributed by atoms with Gasteiger partial charge in [-0.05, 0) is 30.9 Å². The molecule has 0 aromatic carbocycles. The van der Waals surface area contributed by atoms with Crippen LogP contribution in [0.5, 0.6) is 0 Å². The maximum atomic E-state index is 12.2. The third-order valence-corrected chi connectivity index (χ3v) is 3.96. The first-order chi connectivity index (χ1) is 9.43. The van der Waals surface area contributed by atoms with E-state index in [4.69, 9.17) is 11.6 Å². The van der Waals surface area contributed by atoms with E-state index >= 15 is 0 Å². The molecule has 2 unspecified atom stereocenters. The van der Waals surface area contributed by atoms with Crippen molar-refractivity contribution in [2.24, 2.45) is 5.92 Å². The summed E-state index contributed by atoms with van der Waals surface area (Å²) in [7, 11) is 0. The van der Waals surface area contributed by atoms with Gasteiger partial charge in [0.25, 0.3) is 5.91 Å². The summed E-state index contributed by atoms with van der Waals surface area (Å²) in [5, 5.41) is 12.4. The lowest BCUT2D eigenvalue weighted by molar-refractivity contribution is -0.146. The number of nitrogens with zero attached hydrogens (tertiary/aromatic N) is 1. The minimum absolute atomic E-state index is 0.207. The fourth-order valence-corrected chi connectivity index (χ4v) is 2.92. The van der Waals surface area contributed by atoms with Crippen LogP contribution in [0.4, 0.5) is 0 Å². The molecule has 2 rings (SSSR count). The van der Waals surface area contributed by atoms with Gasteiger partial charge in [-0.3, -0.25) is 4.79 Å². The number of aliphatic carboxylic acids is 1. The molecule has 0 radical (unpaired) electrons. The first kappa shape index (κ1) is 14.8. The summed E-state index contributed by atoms with van der Waals surface area (Å²) in [6, 6.07) is 2.95. The first-order valence-corrected chi connectivity index (χ1v) is 6.98. The van der Waals surface area contributed by atoms with Gasteiger partial charge in [-0.1, -0.05) is 31.4 Å². The molecule has 0 bridgehead atoms. The maximum absolute atomic E-state index is 12.2. The molecule has 1 amide bonds. The monoisotopic (exact) mass is 296 g/mol. The van der Waals surface area contributed by atoms with Gasteiger partial charge in [0.15, 0.2) is 0 Å². The predicted molar refractivity (Wildman–Crippen MR) is 74.7 cm³/mol. The molecule has 20 heavy (non-hydrogen) atoms. The summed E-state index contributed by atoms with van der Waals surface area (Å²) in [4.78, 5) is 27.6. The zero-order chi connectivity index (χ0) is 14.8. The molecule has 5 nitrogen and oxygen atoms in total. The lowest BCUT2D eigenvalue weighted by atomic mass is 9.76. The third-order valence-electron chi connectivity index (χ3n) is 3.75. The van der Waals surface area contributed by atoms with Gasteiger partial charge in [-0.15, -0.1) is 0 Å². The van der Waals surface area contributed by atoms with Crippen LogP contribution in [-0.4, -0.2) is 27.5 Å². The number of amides is 1. The van der Waals surface area contributed by atoms with Crippen LogP contribution in [0, 0.1) is 5.92 Å². The van der Waals surface area contributed by atoms with E-state index in [0.29, 0.717) is 18.4 Å². The Kier molecular flexibility index (Phi) is 4.28. The van der Waals surface area contributed by atoms with Crippen LogP contribution in [0.15, 0.2) is 18.3 Å². The van der Waals surface area contributed by atoms with E-state index < -0.39 is 17.4 Å². The highest BCUT2D eigenvalue weighted by molar-refractivity contribution is 6.29. The average molecular weight is 297 g/mol. The van der Waals surface area contributed by atoms with Gasteiger partial charge in [0.05, 0.1) is 0 Å². The van der Waals surface area contributed by atoms with E-state index in [-0.39, 0.29) is 11.1 Å². The van der Waals surface area contributed by atoms with Crippen LogP contribution in [-0.2, 0) is 4.79 Å². The van der Waals surface area contributed by atoms with Crippen molar-refractivity contribution < 1.29 is 14.7 Å². The highest BCUT2D eigenvalue weighted by atomic mass is 35.5. The van der Waals surface area contributed by atoms with Crippen LogP contribution in [0.3, 0.4) is 0 Å². The van der Waals surface area contributed by atoms with Gasteiger partial charge < -0.3 is 10.4 Å². The summed E-state index contributed by atoms with van der Waals surface area (Å²) < 4.78 is 0. The molecule has 1 aromatic rings. The molecule has 1 heterocycles. The molecule has 1 saturated carbocycles. The third kappa shape index (κ3) is 3.10. The van der Waals surface area contributed by atoms with Gasteiger partial charge in [-0.25, -0.2) is 9.78 Å². The van der Waals surface area contributed by atoms with Gasteiger partial charge in [-0.2, -0.15) is 0 Å². The number of rotatable bonds is 3. The lowest BCUT2D eigenvalue weighted by Crippen LogP contribution is -2.56. The van der Waals surface area contributed by atoms with E-state index in [9.17, 15) is 14.7 Å². The molecule has 1 aromatic heterocycles. The summed E-state index contributed by atoms with van der Waals surface area (Å²) in [6.45, 7) is 2.01. The van der Waals surface area contributed by atoms with E-state index in [2.05, 4.69) is 10.3 Å². The number of carbonyl (C=O) groups excluding carboxylic acids is 1. The fourth-order valence-electron chi connectivity index (χ4n) is 2.75. The van der Waals surface area contributed by atoms with Crippen LogP contribution >= 0.6 is 11.6 Å². The van der Waals surface area contributed by atoms with E-state index in [1.54, 1.807) is 0 Å². The number of hydrogen-bond donors (Lipinski definition) is 2. The number of aromatic nitrogens is 1. The van der Waals surface area contributed by atoms with Gasteiger partial charge in [0, 0.05) is 11.8 Å². The van der Waals surface area contributed by atoms with Crippen molar-refractivity contribution in [1.29, 1.82) is 0 Å². The summed E-state index contributed by atoms with van der Waals surface area (Å²) in [5.74, 6) is -1.12. The summed E-state index contributed by atoms with van der Waals surface area (Å²) >= 11 is 5.74. The molecule has 108 valence electrons. The van der Waals surface area contributed by atoms with Gasteiger partial charge in [0.1, 0.15) is 10.7 Å². The number of carboxylic acid groups (broad SMARTS) is 1. The Balaban J connectivity index is 2.20. The molecule has 0 aliphatic heterocycles. The van der Waals surface area contributed by atoms with Crippen molar-refractivity contribution in [2.75, 3.05) is 0 Å². The molecular weight excluding hydrogens is 280 g/mol. The number of hydrogen-bond acceptors (Lipinski definition) is 3. The zero-order valence-electron chi connectivity index (χ0n) is 11.2. The Morgan fingerprint density at radius 3 is 2.90 bits per heavy atom. The van der Waals surface area contributed by atoms with Crippen molar-refractivity contribution >= 4 is 23.5 Å². The second-order valence-corrected chi connectivity index (χ2v) is 5.80. The first-order valence-electron chi connectivity index (χ1n) is 6.60. The Bertz CT molecular complexity index is 535. The number of carboxylic acids is 1. The second kappa shape index (κ2) is 5.79. The molecule has 0 spiro atoms. The maximum Gasteiger partial charge on any atom is 0.329 e. The Labute approximate surface area is 122 Å². The standard InChI is InChI=1S/C14H17ClN2O3/c1-9-3-2-5-14(8-9,13(19)20)17-12(18)10-4-6-16-11(15)7-10/h4,6-7,9H,2-3,5,8H2,1H3,(H,17,18)(H,19,20). The summed E-state index contributed by atoms with van der Waals surface area (Å²) in [6.07, 6.45) is 4.12. The highest BCUT2D eigenvalue weighted by Gasteiger charge is 2.43. The molecule has 6 heteroatoms. The van der Waals surface area contributed by atoms with Crippen LogP contribution in [0.25, 0.3) is 0 Å². The van der Waals surface area contributed by atoms with Crippen molar-refractivity contribution in [3.8, 4) is 0 Å². The van der Waals surface area contributed by atoms with E-state index in [1.165, 1.54) is 18.3 Å². The van der Waals surface area contributed by atoms with Gasteiger partial charge >= 0.3 is 5.97 Å².